The molecule has 2 aromatic rings. The van der Waals surface area contributed by atoms with E-state index in [0.717, 1.165) is 35.7 Å². The van der Waals surface area contributed by atoms with Gasteiger partial charge in [0.15, 0.2) is 0 Å². The largest absolute Gasteiger partial charge is 0.466 e. The van der Waals surface area contributed by atoms with E-state index >= 15 is 0 Å². The lowest BCUT2D eigenvalue weighted by Crippen LogP contribution is -2.40. The van der Waals surface area contributed by atoms with Crippen LogP contribution in [0.5, 0.6) is 0 Å². The van der Waals surface area contributed by atoms with Crippen LogP contribution in [0.25, 0.3) is 0 Å². The second-order valence-electron chi connectivity index (χ2n) is 5.69. The van der Waals surface area contributed by atoms with Crippen LogP contribution in [0.3, 0.4) is 0 Å². The van der Waals surface area contributed by atoms with Gasteiger partial charge in [0.2, 0.25) is 5.91 Å². The molecular formula is C19H26N2O2. The van der Waals surface area contributed by atoms with Gasteiger partial charge in [-0.15, -0.1) is 0 Å². The molecule has 0 saturated carbocycles. The van der Waals surface area contributed by atoms with Crippen LogP contribution in [0.2, 0.25) is 0 Å². The van der Waals surface area contributed by atoms with E-state index < -0.39 is 0 Å². The first-order valence-corrected chi connectivity index (χ1v) is 8.19. The van der Waals surface area contributed by atoms with Gasteiger partial charge in [-0.05, 0) is 38.6 Å². The molecule has 0 radical (unpaired) electrons. The van der Waals surface area contributed by atoms with E-state index in [0.29, 0.717) is 6.54 Å². The Morgan fingerprint density at radius 2 is 1.83 bits per heavy atom. The third kappa shape index (κ3) is 4.23. The van der Waals surface area contributed by atoms with E-state index in [-0.39, 0.29) is 11.9 Å². The van der Waals surface area contributed by atoms with Crippen LogP contribution in [-0.4, -0.2) is 23.9 Å². The molecule has 0 aliphatic rings. The topological polar surface area (TPSA) is 45.5 Å². The lowest BCUT2D eigenvalue weighted by atomic mass is 10.0. The van der Waals surface area contributed by atoms with Crippen molar-refractivity contribution >= 4 is 5.91 Å². The van der Waals surface area contributed by atoms with Crippen LogP contribution >= 0.6 is 0 Å². The number of hydrogen-bond donors (Lipinski definition) is 1. The Labute approximate surface area is 138 Å². The van der Waals surface area contributed by atoms with E-state index in [1.54, 1.807) is 0 Å². The highest BCUT2D eigenvalue weighted by atomic mass is 16.3. The van der Waals surface area contributed by atoms with Crippen LogP contribution in [0.4, 0.5) is 0 Å². The summed E-state index contributed by atoms with van der Waals surface area (Å²) < 4.78 is 5.52. The quantitative estimate of drug-likeness (QED) is 0.849. The molecule has 0 aliphatic heterocycles. The Hall–Kier alpha value is -2.07. The molecule has 1 amide bonds. The highest BCUT2D eigenvalue weighted by Crippen LogP contribution is 2.21. The van der Waals surface area contributed by atoms with Gasteiger partial charge in [0, 0.05) is 12.1 Å². The number of benzene rings is 1. The van der Waals surface area contributed by atoms with Gasteiger partial charge < -0.3 is 9.73 Å². The summed E-state index contributed by atoms with van der Waals surface area (Å²) in [5.41, 5.74) is 2.05. The average molecular weight is 314 g/mol. The molecule has 1 N–H and O–H groups in total. The number of carbonyl (C=O) groups is 1. The van der Waals surface area contributed by atoms with E-state index in [4.69, 9.17) is 4.42 Å². The predicted octanol–water partition coefficient (Wildman–Crippen LogP) is 3.60. The van der Waals surface area contributed by atoms with Crippen molar-refractivity contribution in [3.8, 4) is 0 Å². The van der Waals surface area contributed by atoms with E-state index in [1.165, 1.54) is 0 Å². The lowest BCUT2D eigenvalue weighted by Gasteiger charge is -2.29. The van der Waals surface area contributed by atoms with Crippen molar-refractivity contribution in [3.05, 3.63) is 59.0 Å². The molecule has 1 aromatic heterocycles. The second-order valence-corrected chi connectivity index (χ2v) is 5.69. The van der Waals surface area contributed by atoms with Crippen LogP contribution < -0.4 is 5.32 Å². The number of nitrogens with zero attached hydrogens (tertiary/aromatic N) is 1. The maximum atomic E-state index is 12.8. The molecule has 0 aliphatic carbocycles. The van der Waals surface area contributed by atoms with Crippen LogP contribution in [0.1, 0.15) is 42.5 Å². The number of likely N-dealkylation sites (N-methyl/N-ethyl adjacent to an activating group) is 1. The van der Waals surface area contributed by atoms with Crippen LogP contribution in [0.15, 0.2) is 40.8 Å². The Kier molecular flexibility index (Phi) is 5.99. The Morgan fingerprint density at radius 3 is 2.35 bits per heavy atom. The van der Waals surface area contributed by atoms with Gasteiger partial charge in [-0.2, -0.15) is 0 Å². The zero-order chi connectivity index (χ0) is 16.8. The molecular weight excluding hydrogens is 288 g/mol. The fourth-order valence-corrected chi connectivity index (χ4v) is 2.89. The molecule has 0 spiro atoms. The van der Waals surface area contributed by atoms with E-state index in [9.17, 15) is 4.79 Å². The van der Waals surface area contributed by atoms with Crippen molar-refractivity contribution in [2.75, 3.05) is 13.1 Å². The fraction of sp³-hybridized carbons (Fsp3) is 0.421. The highest BCUT2D eigenvalue weighted by molar-refractivity contribution is 5.83. The first-order valence-electron chi connectivity index (χ1n) is 8.19. The minimum atomic E-state index is -0.264. The third-order valence-electron chi connectivity index (χ3n) is 4.14. The first-order chi connectivity index (χ1) is 11.1. The lowest BCUT2D eigenvalue weighted by molar-refractivity contribution is -0.126. The number of amides is 1. The summed E-state index contributed by atoms with van der Waals surface area (Å²) >= 11 is 0. The van der Waals surface area contributed by atoms with Crippen molar-refractivity contribution in [1.29, 1.82) is 0 Å². The van der Waals surface area contributed by atoms with E-state index in [1.807, 2.05) is 50.2 Å². The summed E-state index contributed by atoms with van der Waals surface area (Å²) in [5, 5.41) is 3.06. The zero-order valence-corrected chi connectivity index (χ0v) is 14.4. The zero-order valence-electron chi connectivity index (χ0n) is 14.4. The third-order valence-corrected chi connectivity index (χ3v) is 4.14. The molecule has 23 heavy (non-hydrogen) atoms. The Bertz CT molecular complexity index is 630. The van der Waals surface area contributed by atoms with Gasteiger partial charge >= 0.3 is 0 Å². The molecule has 0 fully saturated rings. The molecule has 0 bridgehead atoms. The maximum Gasteiger partial charge on any atom is 0.242 e. The van der Waals surface area contributed by atoms with Gasteiger partial charge in [-0.1, -0.05) is 44.2 Å². The Morgan fingerprint density at radius 1 is 1.17 bits per heavy atom. The highest BCUT2D eigenvalue weighted by Gasteiger charge is 2.25. The molecule has 124 valence electrons. The molecule has 1 atom stereocenters. The first kappa shape index (κ1) is 17.3. The van der Waals surface area contributed by atoms with E-state index in [2.05, 4.69) is 24.1 Å². The Balaban J connectivity index is 2.15. The summed E-state index contributed by atoms with van der Waals surface area (Å²) in [5.74, 6) is 1.76. The summed E-state index contributed by atoms with van der Waals surface area (Å²) in [6, 6.07) is 11.7. The minimum absolute atomic E-state index is 0.0261. The number of furan rings is 1. The molecule has 4 heteroatoms. The smallest absolute Gasteiger partial charge is 0.242 e. The molecule has 4 nitrogen and oxygen atoms in total. The van der Waals surface area contributed by atoms with Crippen LogP contribution in [0, 0.1) is 13.8 Å². The van der Waals surface area contributed by atoms with Crippen LogP contribution in [-0.2, 0) is 11.3 Å². The fourth-order valence-electron chi connectivity index (χ4n) is 2.89. The average Bonchev–Trinajstić information content (AvgIpc) is 2.88. The predicted molar refractivity (Wildman–Crippen MR) is 92.1 cm³/mol. The second kappa shape index (κ2) is 7.97. The molecule has 2 rings (SSSR count). The van der Waals surface area contributed by atoms with Gasteiger partial charge in [0.25, 0.3) is 0 Å². The molecule has 1 aromatic carbocycles. The number of nitrogens with one attached hydrogen (secondary N) is 1. The SMILES string of the molecule is CCN(CC)C(C(=O)NCc1cc(C)oc1C)c1ccccc1. The van der Waals surface area contributed by atoms with Crippen molar-refractivity contribution in [2.45, 2.75) is 40.3 Å². The van der Waals surface area contributed by atoms with Crippen molar-refractivity contribution in [2.24, 2.45) is 0 Å². The summed E-state index contributed by atoms with van der Waals surface area (Å²) in [6.45, 7) is 10.1. The molecule has 0 saturated heterocycles. The number of hydrogen-bond acceptors (Lipinski definition) is 3. The minimum Gasteiger partial charge on any atom is -0.466 e. The standard InChI is InChI=1S/C19H26N2O2/c1-5-21(6-2)18(16-10-8-7-9-11-16)19(22)20-13-17-12-14(3)23-15(17)4/h7-12,18H,5-6,13H2,1-4H3,(H,20,22). The summed E-state index contributed by atoms with van der Waals surface area (Å²) in [7, 11) is 0. The normalized spacial score (nSPS) is 12.4. The van der Waals surface area contributed by atoms with Gasteiger partial charge in [0.1, 0.15) is 17.6 Å². The molecule has 1 heterocycles. The van der Waals surface area contributed by atoms with Crippen molar-refractivity contribution in [3.63, 3.8) is 0 Å². The summed E-state index contributed by atoms with van der Waals surface area (Å²) in [6.07, 6.45) is 0. The van der Waals surface area contributed by atoms with Crippen molar-refractivity contribution in [1.82, 2.24) is 10.2 Å². The number of aryl methyl sites for hydroxylation is 2. The number of carbonyl (C=O) groups excluding carboxylic acids is 1. The molecule has 1 unspecified atom stereocenters. The summed E-state index contributed by atoms with van der Waals surface area (Å²) in [4.78, 5) is 15.0. The maximum absolute atomic E-state index is 12.8. The van der Waals surface area contributed by atoms with Crippen molar-refractivity contribution < 1.29 is 9.21 Å². The monoisotopic (exact) mass is 314 g/mol. The van der Waals surface area contributed by atoms with Gasteiger partial charge in [-0.3, -0.25) is 9.69 Å². The van der Waals surface area contributed by atoms with Gasteiger partial charge in [0.05, 0.1) is 0 Å². The van der Waals surface area contributed by atoms with Gasteiger partial charge in [-0.25, -0.2) is 0 Å². The number of rotatable bonds is 7.